The number of rotatable bonds is 0. The van der Waals surface area contributed by atoms with Gasteiger partial charge in [-0.2, -0.15) is 5.10 Å². The zero-order chi connectivity index (χ0) is 12.2. The van der Waals surface area contributed by atoms with Crippen molar-refractivity contribution in [1.29, 1.82) is 0 Å². The number of benzene rings is 1. The molecule has 4 nitrogen and oxygen atoms in total. The first-order chi connectivity index (χ1) is 8.09. The smallest absolute Gasteiger partial charge is 0.289 e. The van der Waals surface area contributed by atoms with E-state index in [4.69, 9.17) is 0 Å². The van der Waals surface area contributed by atoms with Gasteiger partial charge in [0, 0.05) is 14.3 Å². The molecule has 0 saturated carbocycles. The molecule has 0 atom stereocenters. The van der Waals surface area contributed by atoms with Crippen LogP contribution in [0.1, 0.15) is 0 Å². The average Bonchev–Trinajstić information content (AvgIpc) is 2.56. The lowest BCUT2D eigenvalue weighted by molar-refractivity contribution is 0.930. The lowest BCUT2D eigenvalue weighted by Crippen LogP contribution is -2.10. The van der Waals surface area contributed by atoms with E-state index in [1.807, 2.05) is 12.1 Å². The van der Waals surface area contributed by atoms with Gasteiger partial charge in [0.1, 0.15) is 11.8 Å². The van der Waals surface area contributed by atoms with E-state index in [-0.39, 0.29) is 5.56 Å². The fourth-order valence-corrected chi connectivity index (χ4v) is 3.16. The second-order valence-corrected chi connectivity index (χ2v) is 6.00. The van der Waals surface area contributed by atoms with E-state index in [2.05, 4.69) is 58.0 Å². The summed E-state index contributed by atoms with van der Waals surface area (Å²) in [5.74, 6) is 0. The molecule has 0 fully saturated rings. The molecule has 17 heavy (non-hydrogen) atoms. The molecule has 0 amide bonds. The molecule has 0 spiro atoms. The normalized spacial score (nSPS) is 11.5. The van der Waals surface area contributed by atoms with Crippen molar-refractivity contribution in [3.8, 4) is 0 Å². The maximum Gasteiger partial charge on any atom is 0.289 e. The first-order valence-electron chi connectivity index (χ1n) is 4.61. The largest absolute Gasteiger partial charge is 0.293 e. The van der Waals surface area contributed by atoms with Crippen molar-refractivity contribution in [2.24, 2.45) is 0 Å². The van der Waals surface area contributed by atoms with E-state index in [1.54, 1.807) is 10.7 Å². The van der Waals surface area contributed by atoms with Crippen molar-refractivity contribution >= 4 is 64.2 Å². The fourth-order valence-electron chi connectivity index (χ4n) is 1.79. The Morgan fingerprint density at radius 3 is 2.65 bits per heavy atom. The van der Waals surface area contributed by atoms with Crippen LogP contribution in [0.3, 0.4) is 0 Å². The van der Waals surface area contributed by atoms with Gasteiger partial charge >= 0.3 is 0 Å². The third-order valence-corrected chi connectivity index (χ3v) is 5.18. The number of hydrogen-bond acceptors (Lipinski definition) is 2. The minimum atomic E-state index is -0.220. The van der Waals surface area contributed by atoms with E-state index in [9.17, 15) is 4.79 Å². The maximum absolute atomic E-state index is 11.7. The first kappa shape index (κ1) is 11.4. The molecule has 1 N–H and O–H groups in total. The van der Waals surface area contributed by atoms with Crippen LogP contribution >= 0.6 is 47.8 Å². The number of nitrogens with zero attached hydrogens (tertiary/aromatic N) is 2. The van der Waals surface area contributed by atoms with E-state index in [1.165, 1.54) is 0 Å². The Morgan fingerprint density at radius 2 is 1.88 bits per heavy atom. The summed E-state index contributed by atoms with van der Waals surface area (Å²) < 4.78 is 4.39. The van der Waals surface area contributed by atoms with Crippen molar-refractivity contribution in [1.82, 2.24) is 14.6 Å². The highest BCUT2D eigenvalue weighted by atomic mass is 79.9. The Labute approximate surface area is 120 Å². The summed E-state index contributed by atoms with van der Waals surface area (Å²) in [6.45, 7) is 0. The number of nitrogens with one attached hydrogen (secondary N) is 1. The predicted molar refractivity (Wildman–Crippen MR) is 76.4 cm³/mol. The molecular formula is C10H4Br3N3O. The summed E-state index contributed by atoms with van der Waals surface area (Å²) >= 11 is 10.4. The Hall–Kier alpha value is -0.660. The Kier molecular flexibility index (Phi) is 2.64. The fraction of sp³-hybridized carbons (Fsp3) is 0. The van der Waals surface area contributed by atoms with Crippen LogP contribution in [0.4, 0.5) is 0 Å². The topological polar surface area (TPSA) is 50.2 Å². The number of H-pyrrole nitrogens is 1. The van der Waals surface area contributed by atoms with Crippen LogP contribution in [0.15, 0.2) is 36.7 Å². The quantitative estimate of drug-likeness (QED) is 0.604. The molecule has 2 aromatic heterocycles. The summed E-state index contributed by atoms with van der Waals surface area (Å²) in [5.41, 5.74) is 1.25. The lowest BCUT2D eigenvalue weighted by atomic mass is 10.2. The van der Waals surface area contributed by atoms with Gasteiger partial charge in [-0.1, -0.05) is 0 Å². The molecule has 0 saturated heterocycles. The van der Waals surface area contributed by atoms with Crippen molar-refractivity contribution in [3.63, 3.8) is 0 Å². The minimum absolute atomic E-state index is 0.220. The zero-order valence-electron chi connectivity index (χ0n) is 8.17. The van der Waals surface area contributed by atoms with Crippen LogP contribution in [-0.4, -0.2) is 14.6 Å². The van der Waals surface area contributed by atoms with Gasteiger partial charge in [0.15, 0.2) is 0 Å². The van der Waals surface area contributed by atoms with Crippen LogP contribution in [0.5, 0.6) is 0 Å². The number of aromatic amines is 1. The molecule has 0 unspecified atom stereocenters. The van der Waals surface area contributed by atoms with Gasteiger partial charge in [0.05, 0.1) is 9.99 Å². The molecule has 3 aromatic rings. The maximum atomic E-state index is 11.7. The van der Waals surface area contributed by atoms with Gasteiger partial charge < -0.3 is 0 Å². The summed E-state index contributed by atoms with van der Waals surface area (Å²) in [7, 11) is 0. The van der Waals surface area contributed by atoms with Gasteiger partial charge in [0.25, 0.3) is 5.56 Å². The third kappa shape index (κ3) is 1.60. The SMILES string of the molecule is O=c1[nH]ncn2c1c(Br)c1cc(Br)c(Br)cc12. The van der Waals surface area contributed by atoms with E-state index < -0.39 is 0 Å². The minimum Gasteiger partial charge on any atom is -0.293 e. The van der Waals surface area contributed by atoms with Crippen molar-refractivity contribution in [3.05, 3.63) is 42.2 Å². The third-order valence-electron chi connectivity index (χ3n) is 2.54. The molecule has 7 heteroatoms. The molecule has 2 heterocycles. The molecule has 1 aromatic carbocycles. The van der Waals surface area contributed by atoms with Crippen molar-refractivity contribution in [2.75, 3.05) is 0 Å². The van der Waals surface area contributed by atoms with Gasteiger partial charge in [-0.05, 0) is 59.9 Å². The number of hydrogen-bond donors (Lipinski definition) is 1. The van der Waals surface area contributed by atoms with E-state index >= 15 is 0 Å². The Balaban J connectivity index is 2.68. The van der Waals surface area contributed by atoms with Crippen LogP contribution in [0, 0.1) is 0 Å². The standard InChI is InChI=1S/C10H4Br3N3O/c11-5-1-4-7(2-6(5)12)16-3-14-15-10(17)9(16)8(4)13/h1-3H,(H,15,17). The molecule has 0 aliphatic rings. The Morgan fingerprint density at radius 1 is 1.18 bits per heavy atom. The number of aromatic nitrogens is 3. The number of halogens is 3. The molecule has 0 aliphatic carbocycles. The van der Waals surface area contributed by atoms with Crippen LogP contribution in [-0.2, 0) is 0 Å². The molecule has 3 rings (SSSR count). The van der Waals surface area contributed by atoms with Gasteiger partial charge in [-0.3, -0.25) is 9.20 Å². The lowest BCUT2D eigenvalue weighted by Gasteiger charge is -1.98. The van der Waals surface area contributed by atoms with E-state index in [0.717, 1.165) is 24.3 Å². The van der Waals surface area contributed by atoms with Crippen LogP contribution in [0.2, 0.25) is 0 Å². The first-order valence-corrected chi connectivity index (χ1v) is 6.99. The molecule has 0 bridgehead atoms. The highest BCUT2D eigenvalue weighted by Crippen LogP contribution is 2.35. The predicted octanol–water partition coefficient (Wildman–Crippen LogP) is 3.46. The second kappa shape index (κ2) is 3.93. The second-order valence-electron chi connectivity index (χ2n) is 3.50. The monoisotopic (exact) mass is 419 g/mol. The molecule has 86 valence electrons. The summed E-state index contributed by atoms with van der Waals surface area (Å²) in [5, 5.41) is 7.19. The highest BCUT2D eigenvalue weighted by molar-refractivity contribution is 9.13. The van der Waals surface area contributed by atoms with Gasteiger partial charge in [-0.15, -0.1) is 0 Å². The van der Waals surface area contributed by atoms with E-state index in [0.29, 0.717) is 5.52 Å². The van der Waals surface area contributed by atoms with Crippen molar-refractivity contribution in [2.45, 2.75) is 0 Å². The summed E-state index contributed by atoms with van der Waals surface area (Å²) in [6, 6.07) is 3.90. The molecule has 0 radical (unpaired) electrons. The molecule has 0 aliphatic heterocycles. The number of fused-ring (bicyclic) bond motifs is 3. The van der Waals surface area contributed by atoms with Crippen LogP contribution < -0.4 is 5.56 Å². The average molecular weight is 422 g/mol. The van der Waals surface area contributed by atoms with Gasteiger partial charge in [-0.25, -0.2) is 5.10 Å². The molecular weight excluding hydrogens is 418 g/mol. The Bertz CT molecular complexity index is 806. The summed E-state index contributed by atoms with van der Waals surface area (Å²) in [6.07, 6.45) is 1.59. The highest BCUT2D eigenvalue weighted by Gasteiger charge is 2.14. The summed E-state index contributed by atoms with van der Waals surface area (Å²) in [4.78, 5) is 11.7. The van der Waals surface area contributed by atoms with Crippen molar-refractivity contribution < 1.29 is 0 Å². The van der Waals surface area contributed by atoms with Gasteiger partial charge in [0.2, 0.25) is 0 Å². The zero-order valence-corrected chi connectivity index (χ0v) is 12.9. The van der Waals surface area contributed by atoms with Crippen LogP contribution in [0.25, 0.3) is 16.4 Å².